The van der Waals surface area contributed by atoms with Crippen molar-refractivity contribution in [1.82, 2.24) is 9.97 Å². The maximum atomic E-state index is 4.60. The zero-order chi connectivity index (χ0) is 15.2. The largest absolute Gasteiger partial charge is 0.367 e. The van der Waals surface area contributed by atoms with E-state index in [9.17, 15) is 0 Å². The van der Waals surface area contributed by atoms with E-state index in [0.717, 1.165) is 11.5 Å². The van der Waals surface area contributed by atoms with Gasteiger partial charge < -0.3 is 10.6 Å². The van der Waals surface area contributed by atoms with Crippen LogP contribution in [0.4, 0.5) is 17.5 Å². The van der Waals surface area contributed by atoms with Crippen LogP contribution in [0.25, 0.3) is 0 Å². The molecule has 116 valence electrons. The lowest BCUT2D eigenvalue weighted by Gasteiger charge is -2.17. The molecule has 3 rings (SSSR count). The summed E-state index contributed by atoms with van der Waals surface area (Å²) in [6.07, 6.45) is 9.65. The van der Waals surface area contributed by atoms with Crippen LogP contribution < -0.4 is 10.6 Å². The minimum atomic E-state index is 0.545. The number of aryl methyl sites for hydroxylation is 1. The third kappa shape index (κ3) is 3.97. The zero-order valence-corrected chi connectivity index (χ0v) is 13.2. The Balaban J connectivity index is 1.68. The summed E-state index contributed by atoms with van der Waals surface area (Å²) in [4.78, 5) is 8.93. The minimum absolute atomic E-state index is 0.545. The first-order valence-corrected chi connectivity index (χ1v) is 8.23. The van der Waals surface area contributed by atoms with Gasteiger partial charge in [-0.3, -0.25) is 0 Å². The maximum Gasteiger partial charge on any atom is 0.229 e. The molecule has 4 heteroatoms. The van der Waals surface area contributed by atoms with Gasteiger partial charge in [-0.1, -0.05) is 43.9 Å². The van der Waals surface area contributed by atoms with Crippen LogP contribution in [0.3, 0.4) is 0 Å². The number of hydrogen-bond donors (Lipinski definition) is 2. The van der Waals surface area contributed by atoms with Crippen LogP contribution in [0.2, 0.25) is 0 Å². The highest BCUT2D eigenvalue weighted by Gasteiger charge is 2.12. The van der Waals surface area contributed by atoms with Crippen molar-refractivity contribution in [1.29, 1.82) is 0 Å². The molecular weight excluding hydrogens is 272 g/mol. The Morgan fingerprint density at radius 2 is 1.77 bits per heavy atom. The highest BCUT2D eigenvalue weighted by Crippen LogP contribution is 2.22. The number of benzene rings is 1. The van der Waals surface area contributed by atoms with Crippen molar-refractivity contribution in [2.24, 2.45) is 0 Å². The van der Waals surface area contributed by atoms with Gasteiger partial charge in [0.1, 0.15) is 5.82 Å². The Labute approximate surface area is 132 Å². The SMILES string of the molecule is Cc1ccccc1Nc1nccc(NC2CCCCCC2)n1. The van der Waals surface area contributed by atoms with Gasteiger partial charge in [0.05, 0.1) is 0 Å². The lowest BCUT2D eigenvalue weighted by atomic mass is 10.1. The van der Waals surface area contributed by atoms with Gasteiger partial charge in [-0.15, -0.1) is 0 Å². The second-order valence-corrected chi connectivity index (χ2v) is 6.04. The van der Waals surface area contributed by atoms with Crippen LogP contribution in [-0.2, 0) is 0 Å². The zero-order valence-electron chi connectivity index (χ0n) is 13.2. The summed E-state index contributed by atoms with van der Waals surface area (Å²) in [7, 11) is 0. The van der Waals surface area contributed by atoms with Crippen molar-refractivity contribution in [2.75, 3.05) is 10.6 Å². The van der Waals surface area contributed by atoms with Gasteiger partial charge in [0, 0.05) is 17.9 Å². The van der Waals surface area contributed by atoms with Crippen LogP contribution in [0, 0.1) is 6.92 Å². The Bertz CT molecular complexity index is 604. The van der Waals surface area contributed by atoms with Crippen molar-refractivity contribution in [3.05, 3.63) is 42.1 Å². The molecule has 0 bridgehead atoms. The number of nitrogens with one attached hydrogen (secondary N) is 2. The summed E-state index contributed by atoms with van der Waals surface area (Å²) in [6.45, 7) is 2.08. The molecule has 1 aromatic heterocycles. The van der Waals surface area contributed by atoms with E-state index < -0.39 is 0 Å². The third-order valence-electron chi connectivity index (χ3n) is 4.25. The van der Waals surface area contributed by atoms with Crippen LogP contribution in [0.1, 0.15) is 44.1 Å². The quantitative estimate of drug-likeness (QED) is 0.805. The molecule has 0 radical (unpaired) electrons. The van der Waals surface area contributed by atoms with Crippen molar-refractivity contribution in [3.8, 4) is 0 Å². The van der Waals surface area contributed by atoms with Crippen LogP contribution in [0.5, 0.6) is 0 Å². The molecular formula is C18H24N4. The van der Waals surface area contributed by atoms with Crippen LogP contribution in [-0.4, -0.2) is 16.0 Å². The summed E-state index contributed by atoms with van der Waals surface area (Å²) in [6, 6.07) is 10.7. The van der Waals surface area contributed by atoms with Gasteiger partial charge in [0.25, 0.3) is 0 Å². The first-order chi connectivity index (χ1) is 10.8. The van der Waals surface area contributed by atoms with E-state index in [4.69, 9.17) is 0 Å². The molecule has 0 saturated heterocycles. The number of para-hydroxylation sites is 1. The monoisotopic (exact) mass is 296 g/mol. The molecule has 0 spiro atoms. The molecule has 1 aliphatic rings. The summed E-state index contributed by atoms with van der Waals surface area (Å²) in [5.74, 6) is 1.56. The number of hydrogen-bond acceptors (Lipinski definition) is 4. The van der Waals surface area contributed by atoms with Gasteiger partial charge in [0.15, 0.2) is 0 Å². The molecule has 2 N–H and O–H groups in total. The lowest BCUT2D eigenvalue weighted by molar-refractivity contribution is 0.617. The summed E-state index contributed by atoms with van der Waals surface area (Å²) >= 11 is 0. The Morgan fingerprint density at radius 1 is 1.00 bits per heavy atom. The normalized spacial score (nSPS) is 16.0. The fourth-order valence-electron chi connectivity index (χ4n) is 2.97. The average Bonchev–Trinajstić information content (AvgIpc) is 2.79. The molecule has 0 unspecified atom stereocenters. The highest BCUT2D eigenvalue weighted by molar-refractivity contribution is 5.58. The van der Waals surface area contributed by atoms with Crippen molar-refractivity contribution in [3.63, 3.8) is 0 Å². The van der Waals surface area contributed by atoms with Crippen molar-refractivity contribution >= 4 is 17.5 Å². The highest BCUT2D eigenvalue weighted by atomic mass is 15.1. The average molecular weight is 296 g/mol. The minimum Gasteiger partial charge on any atom is -0.367 e. The molecule has 1 aromatic carbocycles. The molecule has 1 aliphatic carbocycles. The molecule has 0 amide bonds. The summed E-state index contributed by atoms with van der Waals surface area (Å²) < 4.78 is 0. The molecule has 22 heavy (non-hydrogen) atoms. The smallest absolute Gasteiger partial charge is 0.229 e. The Kier molecular flexibility index (Phi) is 4.88. The Morgan fingerprint density at radius 3 is 2.55 bits per heavy atom. The predicted molar refractivity (Wildman–Crippen MR) is 91.6 cm³/mol. The second kappa shape index (κ2) is 7.25. The third-order valence-corrected chi connectivity index (χ3v) is 4.25. The van der Waals surface area contributed by atoms with Crippen molar-refractivity contribution < 1.29 is 0 Å². The van der Waals surface area contributed by atoms with E-state index in [-0.39, 0.29) is 0 Å². The maximum absolute atomic E-state index is 4.60. The first-order valence-electron chi connectivity index (χ1n) is 8.23. The first kappa shape index (κ1) is 14.8. The summed E-state index contributed by atoms with van der Waals surface area (Å²) in [5.41, 5.74) is 2.24. The van der Waals surface area contributed by atoms with Gasteiger partial charge in [0.2, 0.25) is 5.95 Å². The standard InChI is InChI=1S/C18H24N4/c1-14-8-6-7-11-16(14)21-18-19-13-12-17(22-18)20-15-9-4-2-3-5-10-15/h6-8,11-13,15H,2-5,9-10H2,1H3,(H2,19,20,21,22). The van der Waals surface area contributed by atoms with Crippen molar-refractivity contribution in [2.45, 2.75) is 51.5 Å². The van der Waals surface area contributed by atoms with E-state index in [2.05, 4.69) is 33.6 Å². The number of nitrogens with zero attached hydrogens (tertiary/aromatic N) is 2. The van der Waals surface area contributed by atoms with E-state index >= 15 is 0 Å². The predicted octanol–water partition coefficient (Wildman–Crippen LogP) is 4.66. The molecule has 1 heterocycles. The van der Waals surface area contributed by atoms with Gasteiger partial charge >= 0.3 is 0 Å². The molecule has 4 nitrogen and oxygen atoms in total. The number of aromatic nitrogens is 2. The fourth-order valence-corrected chi connectivity index (χ4v) is 2.97. The molecule has 0 aliphatic heterocycles. The fraction of sp³-hybridized carbons (Fsp3) is 0.444. The lowest BCUT2D eigenvalue weighted by Crippen LogP contribution is -2.19. The molecule has 2 aromatic rings. The molecule has 1 saturated carbocycles. The molecule has 1 fully saturated rings. The van der Waals surface area contributed by atoms with E-state index in [1.165, 1.54) is 44.1 Å². The van der Waals surface area contributed by atoms with Crippen LogP contribution in [0.15, 0.2) is 36.5 Å². The number of rotatable bonds is 4. The van der Waals surface area contributed by atoms with E-state index in [1.807, 2.05) is 30.5 Å². The van der Waals surface area contributed by atoms with Gasteiger partial charge in [-0.25, -0.2) is 4.98 Å². The van der Waals surface area contributed by atoms with Gasteiger partial charge in [-0.05, 0) is 37.5 Å². The second-order valence-electron chi connectivity index (χ2n) is 6.04. The van der Waals surface area contributed by atoms with Crippen LogP contribution >= 0.6 is 0 Å². The van der Waals surface area contributed by atoms with Gasteiger partial charge in [-0.2, -0.15) is 4.98 Å². The Hall–Kier alpha value is -2.10. The van der Waals surface area contributed by atoms with E-state index in [0.29, 0.717) is 12.0 Å². The number of anilines is 3. The molecule has 0 atom stereocenters. The topological polar surface area (TPSA) is 49.8 Å². The van der Waals surface area contributed by atoms with E-state index in [1.54, 1.807) is 0 Å². The summed E-state index contributed by atoms with van der Waals surface area (Å²) in [5, 5.41) is 6.87.